The highest BCUT2D eigenvalue weighted by molar-refractivity contribution is 5.88. The SMILES string of the molecule is CCc1cc(C(=O)O)cc(NCC2CCC2)n1. The van der Waals surface area contributed by atoms with Gasteiger partial charge in [0.1, 0.15) is 5.82 Å². The predicted molar refractivity (Wildman–Crippen MR) is 66.4 cm³/mol. The van der Waals surface area contributed by atoms with Gasteiger partial charge < -0.3 is 10.4 Å². The first-order chi connectivity index (χ1) is 8.19. The average molecular weight is 234 g/mol. The highest BCUT2D eigenvalue weighted by atomic mass is 16.4. The van der Waals surface area contributed by atoms with Crippen molar-refractivity contribution >= 4 is 11.8 Å². The highest BCUT2D eigenvalue weighted by Crippen LogP contribution is 2.26. The lowest BCUT2D eigenvalue weighted by atomic mass is 9.85. The van der Waals surface area contributed by atoms with Gasteiger partial charge in [-0.25, -0.2) is 9.78 Å². The minimum Gasteiger partial charge on any atom is -0.478 e. The lowest BCUT2D eigenvalue weighted by Crippen LogP contribution is -2.21. The Hall–Kier alpha value is -1.58. The summed E-state index contributed by atoms with van der Waals surface area (Å²) in [4.78, 5) is 15.4. The number of nitrogens with one attached hydrogen (secondary N) is 1. The molecule has 1 aromatic rings. The molecule has 2 N–H and O–H groups in total. The summed E-state index contributed by atoms with van der Waals surface area (Å²) >= 11 is 0. The van der Waals surface area contributed by atoms with Gasteiger partial charge in [-0.15, -0.1) is 0 Å². The number of carboxylic acid groups (broad SMARTS) is 1. The molecule has 0 aliphatic heterocycles. The number of carbonyl (C=O) groups is 1. The quantitative estimate of drug-likeness (QED) is 0.822. The van der Waals surface area contributed by atoms with Crippen LogP contribution in [0.2, 0.25) is 0 Å². The summed E-state index contributed by atoms with van der Waals surface area (Å²) in [5, 5.41) is 12.3. The minimum atomic E-state index is -0.895. The van der Waals surface area contributed by atoms with Gasteiger partial charge in [-0.1, -0.05) is 13.3 Å². The standard InChI is InChI=1S/C13H18N2O2/c1-2-11-6-10(13(16)17)7-12(15-11)14-8-9-4-3-5-9/h6-7,9H,2-5,8H2,1H3,(H,14,15)(H,16,17). The molecule has 0 amide bonds. The van der Waals surface area contributed by atoms with Crippen LogP contribution in [0.25, 0.3) is 0 Å². The fourth-order valence-corrected chi connectivity index (χ4v) is 1.93. The van der Waals surface area contributed by atoms with Crippen molar-refractivity contribution in [1.82, 2.24) is 4.98 Å². The molecule has 1 aliphatic rings. The van der Waals surface area contributed by atoms with Gasteiger partial charge in [-0.2, -0.15) is 0 Å². The van der Waals surface area contributed by atoms with Gasteiger partial charge >= 0.3 is 5.97 Å². The monoisotopic (exact) mass is 234 g/mol. The second-order valence-corrected chi connectivity index (χ2v) is 4.57. The molecular formula is C13H18N2O2. The topological polar surface area (TPSA) is 62.2 Å². The fourth-order valence-electron chi connectivity index (χ4n) is 1.93. The maximum Gasteiger partial charge on any atom is 0.335 e. The Bertz CT molecular complexity index is 414. The predicted octanol–water partition coefficient (Wildman–Crippen LogP) is 2.55. The van der Waals surface area contributed by atoms with E-state index in [1.54, 1.807) is 12.1 Å². The molecule has 0 unspecified atom stereocenters. The second-order valence-electron chi connectivity index (χ2n) is 4.57. The van der Waals surface area contributed by atoms with E-state index in [1.165, 1.54) is 19.3 Å². The number of rotatable bonds is 5. The van der Waals surface area contributed by atoms with Gasteiger partial charge in [-0.3, -0.25) is 0 Å². The maximum absolute atomic E-state index is 11.0. The minimum absolute atomic E-state index is 0.313. The van der Waals surface area contributed by atoms with Crippen LogP contribution in [0.3, 0.4) is 0 Å². The van der Waals surface area contributed by atoms with Crippen molar-refractivity contribution in [2.45, 2.75) is 32.6 Å². The van der Waals surface area contributed by atoms with Crippen LogP contribution in [-0.2, 0) is 6.42 Å². The van der Waals surface area contributed by atoms with E-state index in [2.05, 4.69) is 10.3 Å². The molecule has 0 aromatic carbocycles. The number of aryl methyl sites for hydroxylation is 1. The molecule has 2 rings (SSSR count). The van der Waals surface area contributed by atoms with Crippen molar-refractivity contribution in [3.63, 3.8) is 0 Å². The highest BCUT2D eigenvalue weighted by Gasteiger charge is 2.17. The summed E-state index contributed by atoms with van der Waals surface area (Å²) < 4.78 is 0. The van der Waals surface area contributed by atoms with E-state index in [-0.39, 0.29) is 0 Å². The molecule has 1 aromatic heterocycles. The van der Waals surface area contributed by atoms with Crippen LogP contribution < -0.4 is 5.32 Å². The third-order valence-electron chi connectivity index (χ3n) is 3.28. The van der Waals surface area contributed by atoms with Crippen molar-refractivity contribution in [3.05, 3.63) is 23.4 Å². The first-order valence-corrected chi connectivity index (χ1v) is 6.17. The smallest absolute Gasteiger partial charge is 0.335 e. The Morgan fingerprint density at radius 3 is 2.82 bits per heavy atom. The number of pyridine rings is 1. The summed E-state index contributed by atoms with van der Waals surface area (Å²) in [6.07, 6.45) is 4.60. The second kappa shape index (κ2) is 5.17. The van der Waals surface area contributed by atoms with Crippen molar-refractivity contribution in [1.29, 1.82) is 0 Å². The van der Waals surface area contributed by atoms with E-state index in [1.807, 2.05) is 6.92 Å². The van der Waals surface area contributed by atoms with Crippen LogP contribution in [0.15, 0.2) is 12.1 Å². The molecule has 0 spiro atoms. The Kier molecular flexibility index (Phi) is 3.61. The van der Waals surface area contributed by atoms with Crippen LogP contribution >= 0.6 is 0 Å². The number of aromatic nitrogens is 1. The number of hydrogen-bond acceptors (Lipinski definition) is 3. The van der Waals surface area contributed by atoms with Crippen LogP contribution in [0.1, 0.15) is 42.2 Å². The molecule has 17 heavy (non-hydrogen) atoms. The van der Waals surface area contributed by atoms with Crippen LogP contribution in [0.4, 0.5) is 5.82 Å². The van der Waals surface area contributed by atoms with Crippen molar-refractivity contribution < 1.29 is 9.90 Å². The van der Waals surface area contributed by atoms with E-state index in [0.29, 0.717) is 11.4 Å². The zero-order valence-electron chi connectivity index (χ0n) is 10.1. The van der Waals surface area contributed by atoms with Gasteiger partial charge in [-0.05, 0) is 37.3 Å². The molecule has 1 aliphatic carbocycles. The van der Waals surface area contributed by atoms with Gasteiger partial charge in [0.2, 0.25) is 0 Å². The molecule has 4 nitrogen and oxygen atoms in total. The van der Waals surface area contributed by atoms with Gasteiger partial charge in [0.05, 0.1) is 5.56 Å². The summed E-state index contributed by atoms with van der Waals surface area (Å²) in [7, 11) is 0. The molecule has 1 saturated carbocycles. The van der Waals surface area contributed by atoms with Gasteiger partial charge in [0.25, 0.3) is 0 Å². The Labute approximate surface area is 101 Å². The van der Waals surface area contributed by atoms with E-state index in [0.717, 1.165) is 24.6 Å². The third-order valence-corrected chi connectivity index (χ3v) is 3.28. The summed E-state index contributed by atoms with van der Waals surface area (Å²) in [5.74, 6) is 0.526. The third kappa shape index (κ3) is 2.96. The largest absolute Gasteiger partial charge is 0.478 e. The number of hydrogen-bond donors (Lipinski definition) is 2. The van der Waals surface area contributed by atoms with Crippen LogP contribution in [0.5, 0.6) is 0 Å². The zero-order chi connectivity index (χ0) is 12.3. The molecular weight excluding hydrogens is 216 g/mol. The van der Waals surface area contributed by atoms with Crippen molar-refractivity contribution in [2.24, 2.45) is 5.92 Å². The Morgan fingerprint density at radius 2 is 2.29 bits per heavy atom. The lowest BCUT2D eigenvalue weighted by Gasteiger charge is -2.25. The average Bonchev–Trinajstić information content (AvgIpc) is 2.26. The normalized spacial score (nSPS) is 15.4. The van der Waals surface area contributed by atoms with Crippen LogP contribution in [0, 0.1) is 5.92 Å². The lowest BCUT2D eigenvalue weighted by molar-refractivity contribution is 0.0696. The molecule has 92 valence electrons. The fraction of sp³-hybridized carbons (Fsp3) is 0.538. The Balaban J connectivity index is 2.08. The molecule has 0 atom stereocenters. The number of anilines is 1. The molecule has 1 heterocycles. The first kappa shape index (κ1) is 11.9. The summed E-state index contributed by atoms with van der Waals surface area (Å²) in [5.41, 5.74) is 1.13. The molecule has 1 fully saturated rings. The van der Waals surface area contributed by atoms with Crippen molar-refractivity contribution in [3.8, 4) is 0 Å². The van der Waals surface area contributed by atoms with E-state index in [4.69, 9.17) is 5.11 Å². The number of carboxylic acids is 1. The van der Waals surface area contributed by atoms with Gasteiger partial charge in [0, 0.05) is 12.2 Å². The first-order valence-electron chi connectivity index (χ1n) is 6.17. The van der Waals surface area contributed by atoms with Crippen molar-refractivity contribution in [2.75, 3.05) is 11.9 Å². The zero-order valence-corrected chi connectivity index (χ0v) is 10.1. The molecule has 0 radical (unpaired) electrons. The molecule has 0 bridgehead atoms. The molecule has 0 saturated heterocycles. The number of aromatic carboxylic acids is 1. The van der Waals surface area contributed by atoms with E-state index < -0.39 is 5.97 Å². The Morgan fingerprint density at radius 1 is 1.53 bits per heavy atom. The maximum atomic E-state index is 11.0. The summed E-state index contributed by atoms with van der Waals surface area (Å²) in [6.45, 7) is 2.88. The summed E-state index contributed by atoms with van der Waals surface area (Å²) in [6, 6.07) is 3.25. The molecule has 4 heteroatoms. The van der Waals surface area contributed by atoms with Crippen LogP contribution in [-0.4, -0.2) is 22.6 Å². The number of nitrogens with zero attached hydrogens (tertiary/aromatic N) is 1. The van der Waals surface area contributed by atoms with E-state index in [9.17, 15) is 4.79 Å². The van der Waals surface area contributed by atoms with Gasteiger partial charge in [0.15, 0.2) is 0 Å². The van der Waals surface area contributed by atoms with E-state index >= 15 is 0 Å².